The summed E-state index contributed by atoms with van der Waals surface area (Å²) in [7, 11) is 0. The molecule has 3 unspecified atom stereocenters. The number of nitrogens with two attached hydrogens (primary N) is 1. The van der Waals surface area contributed by atoms with E-state index >= 15 is 0 Å². The SMILES string of the molecule is CC1CC1CNC(CN)c1cc2ccccc2o1. The summed E-state index contributed by atoms with van der Waals surface area (Å²) < 4.78 is 5.86. The lowest BCUT2D eigenvalue weighted by Gasteiger charge is -2.13. The van der Waals surface area contributed by atoms with Gasteiger partial charge in [0.1, 0.15) is 11.3 Å². The van der Waals surface area contributed by atoms with Crippen molar-refractivity contribution >= 4 is 11.0 Å². The summed E-state index contributed by atoms with van der Waals surface area (Å²) in [5.41, 5.74) is 6.78. The first-order chi connectivity index (χ1) is 8.78. The van der Waals surface area contributed by atoms with E-state index in [0.29, 0.717) is 6.54 Å². The Labute approximate surface area is 107 Å². The zero-order chi connectivity index (χ0) is 12.5. The first-order valence-electron chi connectivity index (χ1n) is 6.70. The molecule has 1 aliphatic carbocycles. The maximum atomic E-state index is 5.86. The summed E-state index contributed by atoms with van der Waals surface area (Å²) >= 11 is 0. The van der Waals surface area contributed by atoms with Gasteiger partial charge >= 0.3 is 0 Å². The largest absolute Gasteiger partial charge is 0.459 e. The first-order valence-corrected chi connectivity index (χ1v) is 6.70. The number of furan rings is 1. The van der Waals surface area contributed by atoms with Gasteiger partial charge in [-0.15, -0.1) is 0 Å². The van der Waals surface area contributed by atoms with E-state index in [0.717, 1.165) is 35.1 Å². The lowest BCUT2D eigenvalue weighted by Crippen LogP contribution is -2.29. The van der Waals surface area contributed by atoms with Crippen LogP contribution >= 0.6 is 0 Å². The van der Waals surface area contributed by atoms with Crippen molar-refractivity contribution in [2.45, 2.75) is 19.4 Å². The van der Waals surface area contributed by atoms with Crippen molar-refractivity contribution in [2.75, 3.05) is 13.1 Å². The number of para-hydroxylation sites is 1. The molecule has 3 nitrogen and oxygen atoms in total. The fourth-order valence-electron chi connectivity index (χ4n) is 2.45. The highest BCUT2D eigenvalue weighted by atomic mass is 16.3. The Morgan fingerprint density at radius 1 is 1.44 bits per heavy atom. The average molecular weight is 244 g/mol. The fraction of sp³-hybridized carbons (Fsp3) is 0.467. The summed E-state index contributed by atoms with van der Waals surface area (Å²) in [5, 5.41) is 4.67. The van der Waals surface area contributed by atoms with Crippen molar-refractivity contribution in [3.63, 3.8) is 0 Å². The summed E-state index contributed by atoms with van der Waals surface area (Å²) in [6.07, 6.45) is 1.34. The van der Waals surface area contributed by atoms with E-state index in [1.165, 1.54) is 6.42 Å². The highest BCUT2D eigenvalue weighted by molar-refractivity contribution is 5.77. The summed E-state index contributed by atoms with van der Waals surface area (Å²) in [4.78, 5) is 0. The second kappa shape index (κ2) is 4.75. The maximum Gasteiger partial charge on any atom is 0.134 e. The molecule has 18 heavy (non-hydrogen) atoms. The molecule has 0 aliphatic heterocycles. The Morgan fingerprint density at radius 3 is 2.89 bits per heavy atom. The molecule has 1 aromatic carbocycles. The number of hydrogen-bond acceptors (Lipinski definition) is 3. The van der Waals surface area contributed by atoms with Crippen LogP contribution in [0.25, 0.3) is 11.0 Å². The minimum atomic E-state index is 0.130. The first kappa shape index (κ1) is 11.8. The van der Waals surface area contributed by atoms with E-state index < -0.39 is 0 Å². The second-order valence-corrected chi connectivity index (χ2v) is 5.36. The van der Waals surface area contributed by atoms with Crippen molar-refractivity contribution in [1.29, 1.82) is 0 Å². The highest BCUT2D eigenvalue weighted by Crippen LogP contribution is 2.37. The number of benzene rings is 1. The van der Waals surface area contributed by atoms with Gasteiger partial charge in [-0.2, -0.15) is 0 Å². The van der Waals surface area contributed by atoms with Crippen LogP contribution in [0.1, 0.15) is 25.1 Å². The van der Waals surface area contributed by atoms with Crippen molar-refractivity contribution in [1.82, 2.24) is 5.32 Å². The van der Waals surface area contributed by atoms with Crippen molar-refractivity contribution in [3.8, 4) is 0 Å². The number of nitrogens with one attached hydrogen (secondary N) is 1. The Hall–Kier alpha value is -1.32. The van der Waals surface area contributed by atoms with E-state index in [1.54, 1.807) is 0 Å². The van der Waals surface area contributed by atoms with E-state index in [9.17, 15) is 0 Å². The molecule has 1 fully saturated rings. The van der Waals surface area contributed by atoms with Crippen LogP contribution in [0.15, 0.2) is 34.7 Å². The quantitative estimate of drug-likeness (QED) is 0.850. The van der Waals surface area contributed by atoms with Crippen LogP contribution in [-0.4, -0.2) is 13.1 Å². The van der Waals surface area contributed by atoms with E-state index in [2.05, 4.69) is 24.4 Å². The van der Waals surface area contributed by atoms with Crippen LogP contribution in [0.2, 0.25) is 0 Å². The number of hydrogen-bond donors (Lipinski definition) is 2. The van der Waals surface area contributed by atoms with Gasteiger partial charge in [0, 0.05) is 11.9 Å². The molecule has 3 N–H and O–H groups in total. The number of fused-ring (bicyclic) bond motifs is 1. The molecular weight excluding hydrogens is 224 g/mol. The standard InChI is InChI=1S/C15H20N2O/c1-10-6-12(10)9-17-13(8-16)15-7-11-4-2-3-5-14(11)18-15/h2-5,7,10,12-13,17H,6,8-9,16H2,1H3. The summed E-state index contributed by atoms with van der Waals surface area (Å²) in [6, 6.07) is 10.3. The van der Waals surface area contributed by atoms with Gasteiger partial charge in [0.15, 0.2) is 0 Å². The third-order valence-electron chi connectivity index (χ3n) is 3.93. The minimum Gasteiger partial charge on any atom is -0.459 e. The zero-order valence-electron chi connectivity index (χ0n) is 10.7. The molecule has 96 valence electrons. The molecule has 1 aromatic heterocycles. The van der Waals surface area contributed by atoms with E-state index in [-0.39, 0.29) is 6.04 Å². The normalized spacial score (nSPS) is 24.3. The fourth-order valence-corrected chi connectivity index (χ4v) is 2.45. The molecule has 1 aliphatic rings. The molecule has 0 saturated heterocycles. The molecule has 3 atom stereocenters. The van der Waals surface area contributed by atoms with Gasteiger partial charge in [-0.05, 0) is 36.9 Å². The van der Waals surface area contributed by atoms with Gasteiger partial charge in [0.05, 0.1) is 6.04 Å². The van der Waals surface area contributed by atoms with Crippen LogP contribution < -0.4 is 11.1 Å². The van der Waals surface area contributed by atoms with Gasteiger partial charge in [-0.3, -0.25) is 0 Å². The third kappa shape index (κ3) is 2.28. The van der Waals surface area contributed by atoms with Crippen LogP contribution in [-0.2, 0) is 0 Å². The van der Waals surface area contributed by atoms with E-state index in [1.807, 2.05) is 18.2 Å². The summed E-state index contributed by atoms with van der Waals surface area (Å²) in [5.74, 6) is 2.64. The van der Waals surface area contributed by atoms with Gasteiger partial charge in [-0.25, -0.2) is 0 Å². The van der Waals surface area contributed by atoms with Gasteiger partial charge in [0.25, 0.3) is 0 Å². The summed E-state index contributed by atoms with van der Waals surface area (Å²) in [6.45, 7) is 3.91. The van der Waals surface area contributed by atoms with Crippen LogP contribution in [0.4, 0.5) is 0 Å². The van der Waals surface area contributed by atoms with Gasteiger partial charge in [-0.1, -0.05) is 25.1 Å². The third-order valence-corrected chi connectivity index (χ3v) is 3.93. The van der Waals surface area contributed by atoms with Gasteiger partial charge < -0.3 is 15.5 Å². The van der Waals surface area contributed by atoms with Crippen molar-refractivity contribution < 1.29 is 4.42 Å². The van der Waals surface area contributed by atoms with E-state index in [4.69, 9.17) is 10.2 Å². The minimum absolute atomic E-state index is 0.130. The Balaban J connectivity index is 1.73. The zero-order valence-corrected chi connectivity index (χ0v) is 10.7. The lowest BCUT2D eigenvalue weighted by atomic mass is 10.2. The smallest absolute Gasteiger partial charge is 0.134 e. The highest BCUT2D eigenvalue weighted by Gasteiger charge is 2.32. The monoisotopic (exact) mass is 244 g/mol. The molecule has 0 bridgehead atoms. The molecule has 1 heterocycles. The van der Waals surface area contributed by atoms with Crippen LogP contribution in [0.5, 0.6) is 0 Å². The van der Waals surface area contributed by atoms with Crippen LogP contribution in [0, 0.1) is 11.8 Å². The van der Waals surface area contributed by atoms with Crippen molar-refractivity contribution in [3.05, 3.63) is 36.1 Å². The van der Waals surface area contributed by atoms with Crippen molar-refractivity contribution in [2.24, 2.45) is 17.6 Å². The average Bonchev–Trinajstić information content (AvgIpc) is 2.92. The molecule has 3 heteroatoms. The Kier molecular flexibility index (Phi) is 3.10. The molecule has 0 amide bonds. The lowest BCUT2D eigenvalue weighted by molar-refractivity contribution is 0.425. The van der Waals surface area contributed by atoms with Crippen LogP contribution in [0.3, 0.4) is 0 Å². The predicted octanol–water partition coefficient (Wildman–Crippen LogP) is 2.68. The molecule has 1 saturated carbocycles. The molecule has 3 rings (SSSR count). The Bertz CT molecular complexity index is 501. The Morgan fingerprint density at radius 2 is 2.22 bits per heavy atom. The topological polar surface area (TPSA) is 51.2 Å². The number of rotatable bonds is 5. The molecule has 2 aromatic rings. The second-order valence-electron chi connectivity index (χ2n) is 5.36. The molecule has 0 radical (unpaired) electrons. The molecular formula is C15H20N2O. The molecule has 0 spiro atoms. The predicted molar refractivity (Wildman–Crippen MR) is 73.3 cm³/mol. The maximum absolute atomic E-state index is 5.86. The van der Waals surface area contributed by atoms with Gasteiger partial charge in [0.2, 0.25) is 0 Å².